The van der Waals surface area contributed by atoms with E-state index in [0.29, 0.717) is 25.7 Å². The number of ether oxygens (including phenoxy) is 1. The lowest BCUT2D eigenvalue weighted by molar-refractivity contribution is -0.146. The van der Waals surface area contributed by atoms with Crippen LogP contribution in [-0.2, 0) is 14.3 Å². The predicted molar refractivity (Wildman–Crippen MR) is 73.6 cm³/mol. The van der Waals surface area contributed by atoms with Crippen LogP contribution in [0.3, 0.4) is 0 Å². The summed E-state index contributed by atoms with van der Waals surface area (Å²) in [6.45, 7) is 10.0. The molecule has 0 aromatic rings. The highest BCUT2D eigenvalue weighted by molar-refractivity contribution is 5.94. The van der Waals surface area contributed by atoms with Crippen molar-refractivity contribution in [3.63, 3.8) is 0 Å². The molecule has 1 aliphatic heterocycles. The predicted octanol–water partition coefficient (Wildman–Crippen LogP) is 1.03. The van der Waals surface area contributed by atoms with Crippen molar-refractivity contribution < 1.29 is 14.3 Å². The van der Waals surface area contributed by atoms with Gasteiger partial charge in [-0.3, -0.25) is 9.59 Å². The molecule has 1 rings (SSSR count). The lowest BCUT2D eigenvalue weighted by Gasteiger charge is -2.34. The summed E-state index contributed by atoms with van der Waals surface area (Å²) in [5.74, 6) is 0.649. The number of carbonyl (C=O) groups excluding carboxylic acids is 2. The van der Waals surface area contributed by atoms with Crippen molar-refractivity contribution in [1.29, 1.82) is 0 Å². The fraction of sp³-hybridized carbons (Fsp3) is 0.857. The smallest absolute Gasteiger partial charge is 0.245 e. The average Bonchev–Trinajstić information content (AvgIpc) is 2.31. The zero-order valence-electron chi connectivity index (χ0n) is 12.4. The third-order valence-electron chi connectivity index (χ3n) is 3.24. The molecule has 0 saturated carbocycles. The van der Waals surface area contributed by atoms with E-state index in [9.17, 15) is 9.59 Å². The Morgan fingerprint density at radius 3 is 2.53 bits per heavy atom. The summed E-state index contributed by atoms with van der Waals surface area (Å²) < 4.78 is 5.50. The molecule has 1 atom stereocenters. The average molecular weight is 270 g/mol. The minimum atomic E-state index is -0.392. The van der Waals surface area contributed by atoms with E-state index in [1.54, 1.807) is 4.90 Å². The summed E-state index contributed by atoms with van der Waals surface area (Å²) in [6, 6.07) is -0.392. The fourth-order valence-corrected chi connectivity index (χ4v) is 1.97. The van der Waals surface area contributed by atoms with Crippen molar-refractivity contribution in [1.82, 2.24) is 10.2 Å². The first-order valence-corrected chi connectivity index (χ1v) is 7.07. The Bertz CT molecular complexity index is 316. The van der Waals surface area contributed by atoms with E-state index in [1.807, 2.05) is 13.8 Å². The van der Waals surface area contributed by atoms with Crippen molar-refractivity contribution >= 4 is 11.8 Å². The van der Waals surface area contributed by atoms with Gasteiger partial charge in [-0.2, -0.15) is 0 Å². The first kappa shape index (κ1) is 16.0. The molecule has 5 heteroatoms. The number of hydrogen-bond donors (Lipinski definition) is 1. The van der Waals surface area contributed by atoms with Gasteiger partial charge >= 0.3 is 0 Å². The Kier molecular flexibility index (Phi) is 6.28. The van der Waals surface area contributed by atoms with Crippen LogP contribution in [0, 0.1) is 11.8 Å². The van der Waals surface area contributed by atoms with Crippen LogP contribution in [-0.4, -0.2) is 49.1 Å². The minimum Gasteiger partial charge on any atom is -0.380 e. The zero-order chi connectivity index (χ0) is 14.4. The summed E-state index contributed by atoms with van der Waals surface area (Å²) in [5, 5.41) is 2.74. The van der Waals surface area contributed by atoms with Crippen LogP contribution in [0.5, 0.6) is 0 Å². The van der Waals surface area contributed by atoms with Crippen LogP contribution in [0.15, 0.2) is 0 Å². The molecule has 0 spiro atoms. The number of rotatable bonds is 7. The van der Waals surface area contributed by atoms with Crippen molar-refractivity contribution in [2.45, 2.75) is 40.2 Å². The van der Waals surface area contributed by atoms with Gasteiger partial charge in [0.1, 0.15) is 6.04 Å². The lowest BCUT2D eigenvalue weighted by Crippen LogP contribution is -2.60. The number of hydrogen-bond acceptors (Lipinski definition) is 3. The van der Waals surface area contributed by atoms with Crippen LogP contribution in [0.25, 0.3) is 0 Å². The van der Waals surface area contributed by atoms with Gasteiger partial charge in [-0.05, 0) is 18.3 Å². The van der Waals surface area contributed by atoms with E-state index in [1.165, 1.54) is 0 Å². The number of amides is 2. The number of piperazine rings is 1. The zero-order valence-corrected chi connectivity index (χ0v) is 12.4. The van der Waals surface area contributed by atoms with Gasteiger partial charge in [-0.15, -0.1) is 0 Å². The van der Waals surface area contributed by atoms with Gasteiger partial charge in [0, 0.05) is 13.2 Å². The quantitative estimate of drug-likeness (QED) is 0.703. The molecule has 2 amide bonds. The maximum Gasteiger partial charge on any atom is 0.245 e. The molecule has 0 radical (unpaired) electrons. The van der Waals surface area contributed by atoms with E-state index in [0.717, 1.165) is 6.42 Å². The molecule has 5 nitrogen and oxygen atoms in total. The number of nitrogens with one attached hydrogen (secondary N) is 1. The van der Waals surface area contributed by atoms with Crippen LogP contribution in [0.4, 0.5) is 0 Å². The van der Waals surface area contributed by atoms with Crippen LogP contribution in [0.2, 0.25) is 0 Å². The minimum absolute atomic E-state index is 0.00191. The van der Waals surface area contributed by atoms with E-state index < -0.39 is 6.04 Å². The number of carbonyl (C=O) groups is 2. The molecule has 1 unspecified atom stereocenters. The largest absolute Gasteiger partial charge is 0.380 e. The normalized spacial score (nSPS) is 20.3. The molecular formula is C14H26N2O3. The van der Waals surface area contributed by atoms with Gasteiger partial charge in [-0.1, -0.05) is 27.7 Å². The van der Waals surface area contributed by atoms with Crippen LogP contribution >= 0.6 is 0 Å². The molecule has 110 valence electrons. The second kappa shape index (κ2) is 7.48. The highest BCUT2D eigenvalue weighted by Crippen LogP contribution is 2.10. The van der Waals surface area contributed by atoms with Gasteiger partial charge in [0.05, 0.1) is 13.2 Å². The summed E-state index contributed by atoms with van der Waals surface area (Å²) in [6.07, 6.45) is 1.02. The fourth-order valence-electron chi connectivity index (χ4n) is 1.97. The van der Waals surface area contributed by atoms with Crippen molar-refractivity contribution in [3.05, 3.63) is 0 Å². The third-order valence-corrected chi connectivity index (χ3v) is 3.24. The van der Waals surface area contributed by atoms with E-state index in [4.69, 9.17) is 4.74 Å². The third kappa shape index (κ3) is 5.19. The first-order chi connectivity index (χ1) is 8.91. The van der Waals surface area contributed by atoms with Gasteiger partial charge in [-0.25, -0.2) is 0 Å². The second-order valence-electron chi connectivity index (χ2n) is 5.84. The number of nitrogens with zero attached hydrogens (tertiary/aromatic N) is 1. The van der Waals surface area contributed by atoms with Gasteiger partial charge < -0.3 is 15.0 Å². The molecule has 1 saturated heterocycles. The molecule has 1 heterocycles. The van der Waals surface area contributed by atoms with Crippen LogP contribution in [0.1, 0.15) is 34.1 Å². The molecular weight excluding hydrogens is 244 g/mol. The van der Waals surface area contributed by atoms with Gasteiger partial charge in [0.15, 0.2) is 0 Å². The maximum absolute atomic E-state index is 12.1. The van der Waals surface area contributed by atoms with Gasteiger partial charge in [0.2, 0.25) is 11.8 Å². The standard InChI is InChI=1S/C14H26N2O3/c1-10(2)5-7-19-8-6-16-9-12(17)15-13(11(3)4)14(16)18/h10-11,13H,5-9H2,1-4H3,(H,15,17). The molecule has 0 aliphatic carbocycles. The molecule has 0 bridgehead atoms. The van der Waals surface area contributed by atoms with E-state index in [2.05, 4.69) is 19.2 Å². The summed E-state index contributed by atoms with van der Waals surface area (Å²) >= 11 is 0. The van der Waals surface area contributed by atoms with Crippen molar-refractivity contribution in [2.24, 2.45) is 11.8 Å². The Hall–Kier alpha value is -1.10. The van der Waals surface area contributed by atoms with Crippen LogP contribution < -0.4 is 5.32 Å². The topological polar surface area (TPSA) is 58.6 Å². The molecule has 0 aromatic carbocycles. The Morgan fingerprint density at radius 2 is 1.95 bits per heavy atom. The van der Waals surface area contributed by atoms with Crippen molar-refractivity contribution in [2.75, 3.05) is 26.3 Å². The van der Waals surface area contributed by atoms with E-state index >= 15 is 0 Å². The molecule has 19 heavy (non-hydrogen) atoms. The summed E-state index contributed by atoms with van der Waals surface area (Å²) in [7, 11) is 0. The Balaban J connectivity index is 2.35. The highest BCUT2D eigenvalue weighted by atomic mass is 16.5. The highest BCUT2D eigenvalue weighted by Gasteiger charge is 2.33. The maximum atomic E-state index is 12.1. The summed E-state index contributed by atoms with van der Waals surface area (Å²) in [4.78, 5) is 25.3. The molecule has 0 aromatic heterocycles. The Morgan fingerprint density at radius 1 is 1.26 bits per heavy atom. The van der Waals surface area contributed by atoms with Gasteiger partial charge in [0.25, 0.3) is 0 Å². The first-order valence-electron chi connectivity index (χ1n) is 7.07. The second-order valence-corrected chi connectivity index (χ2v) is 5.84. The summed E-state index contributed by atoms with van der Waals surface area (Å²) in [5.41, 5.74) is 0. The lowest BCUT2D eigenvalue weighted by atomic mass is 10.0. The van der Waals surface area contributed by atoms with Crippen molar-refractivity contribution in [3.8, 4) is 0 Å². The SMILES string of the molecule is CC(C)CCOCCN1CC(=O)NC(C(C)C)C1=O. The molecule has 1 aliphatic rings. The van der Waals surface area contributed by atoms with E-state index in [-0.39, 0.29) is 24.3 Å². The molecule has 1 N–H and O–H groups in total. The monoisotopic (exact) mass is 270 g/mol. The molecule has 1 fully saturated rings. The Labute approximate surface area is 115 Å².